The highest BCUT2D eigenvalue weighted by Crippen LogP contribution is 2.24. The Kier molecular flexibility index (Phi) is 4.99. The molecule has 0 bridgehead atoms. The second kappa shape index (κ2) is 7.17. The number of piperidine rings is 1. The highest BCUT2D eigenvalue weighted by molar-refractivity contribution is 5.96. The summed E-state index contributed by atoms with van der Waals surface area (Å²) in [5, 5.41) is 0. The van der Waals surface area contributed by atoms with Crippen LogP contribution in [-0.2, 0) is 17.7 Å². The van der Waals surface area contributed by atoms with Crippen molar-refractivity contribution in [3.8, 4) is 0 Å². The number of likely N-dealkylation sites (tertiary alicyclic amines) is 1. The van der Waals surface area contributed by atoms with Crippen LogP contribution in [0.15, 0.2) is 12.4 Å². The summed E-state index contributed by atoms with van der Waals surface area (Å²) in [7, 11) is 0. The molecule has 130 valence electrons. The number of aromatic nitrogens is 1. The van der Waals surface area contributed by atoms with E-state index in [4.69, 9.17) is 10.5 Å². The zero-order valence-corrected chi connectivity index (χ0v) is 14.0. The van der Waals surface area contributed by atoms with Crippen LogP contribution in [0.1, 0.15) is 41.3 Å². The topological polar surface area (TPSA) is 88.8 Å². The van der Waals surface area contributed by atoms with E-state index in [0.29, 0.717) is 38.2 Å². The van der Waals surface area contributed by atoms with Gasteiger partial charge in [-0.25, -0.2) is 4.79 Å². The maximum absolute atomic E-state index is 12.9. The Morgan fingerprint density at radius 1 is 1.33 bits per heavy atom. The molecule has 0 aromatic carbocycles. The first-order chi connectivity index (χ1) is 11.6. The monoisotopic (exact) mass is 332 g/mol. The maximum Gasteiger partial charge on any atom is 0.410 e. The Hall–Kier alpha value is -2.15. The van der Waals surface area contributed by atoms with Gasteiger partial charge in [0.25, 0.3) is 5.91 Å². The van der Waals surface area contributed by atoms with Crippen molar-refractivity contribution in [1.29, 1.82) is 0 Å². The van der Waals surface area contributed by atoms with Gasteiger partial charge in [-0.05, 0) is 37.3 Å². The summed E-state index contributed by atoms with van der Waals surface area (Å²) in [6.45, 7) is 4.46. The number of hydrogen-bond donors (Lipinski definition) is 1. The van der Waals surface area contributed by atoms with Crippen LogP contribution >= 0.6 is 0 Å². The van der Waals surface area contributed by atoms with Gasteiger partial charge in [0.15, 0.2) is 0 Å². The summed E-state index contributed by atoms with van der Waals surface area (Å²) >= 11 is 0. The lowest BCUT2D eigenvalue weighted by Crippen LogP contribution is -2.46. The van der Waals surface area contributed by atoms with Crippen LogP contribution in [0.25, 0.3) is 0 Å². The number of carbonyl (C=O) groups is 2. The van der Waals surface area contributed by atoms with Gasteiger partial charge in [0.1, 0.15) is 0 Å². The minimum absolute atomic E-state index is 0.000847. The molecule has 1 fully saturated rings. The number of fused-ring (bicyclic) bond motifs is 1. The summed E-state index contributed by atoms with van der Waals surface area (Å²) in [5.41, 5.74) is 8.55. The fourth-order valence-corrected chi connectivity index (χ4v) is 3.41. The first-order valence-electron chi connectivity index (χ1n) is 8.52. The van der Waals surface area contributed by atoms with E-state index in [9.17, 15) is 9.59 Å². The van der Waals surface area contributed by atoms with E-state index in [2.05, 4.69) is 4.98 Å². The Labute approximate surface area is 141 Å². The molecule has 1 aromatic heterocycles. The van der Waals surface area contributed by atoms with Crippen molar-refractivity contribution in [2.24, 2.45) is 5.73 Å². The second-order valence-corrected chi connectivity index (χ2v) is 6.35. The second-order valence-electron chi connectivity index (χ2n) is 6.35. The van der Waals surface area contributed by atoms with Crippen LogP contribution in [0.4, 0.5) is 4.79 Å². The van der Waals surface area contributed by atoms with Crippen molar-refractivity contribution in [2.75, 3.05) is 26.2 Å². The molecule has 7 heteroatoms. The number of hydrogen-bond acceptors (Lipinski definition) is 5. The van der Waals surface area contributed by atoms with Gasteiger partial charge in [-0.15, -0.1) is 0 Å². The number of amides is 2. The zero-order chi connectivity index (χ0) is 17.1. The molecular weight excluding hydrogens is 308 g/mol. The molecule has 1 aromatic rings. The number of nitrogens with zero attached hydrogens (tertiary/aromatic N) is 3. The van der Waals surface area contributed by atoms with Crippen molar-refractivity contribution in [1.82, 2.24) is 14.8 Å². The van der Waals surface area contributed by atoms with Gasteiger partial charge in [0.2, 0.25) is 0 Å². The van der Waals surface area contributed by atoms with Crippen molar-refractivity contribution >= 4 is 12.0 Å². The third kappa shape index (κ3) is 3.36. The zero-order valence-electron chi connectivity index (χ0n) is 14.0. The molecule has 0 radical (unpaired) electrons. The van der Waals surface area contributed by atoms with Gasteiger partial charge in [-0.1, -0.05) is 0 Å². The quantitative estimate of drug-likeness (QED) is 0.878. The SMILES string of the molecule is CCOC(=O)N1CCc2c(cncc2C(=O)N2CCCC(N)C2)C1. The van der Waals surface area contributed by atoms with Crippen molar-refractivity contribution in [3.63, 3.8) is 0 Å². The molecule has 1 unspecified atom stereocenters. The summed E-state index contributed by atoms with van der Waals surface area (Å²) in [6, 6.07) is 0.0505. The minimum Gasteiger partial charge on any atom is -0.450 e. The minimum atomic E-state index is -0.318. The van der Waals surface area contributed by atoms with E-state index in [0.717, 1.165) is 30.5 Å². The average molecular weight is 332 g/mol. The molecule has 0 saturated carbocycles. The first-order valence-corrected chi connectivity index (χ1v) is 8.52. The van der Waals surface area contributed by atoms with Crippen LogP contribution in [-0.4, -0.2) is 59.1 Å². The van der Waals surface area contributed by atoms with E-state index in [1.165, 1.54) is 0 Å². The lowest BCUT2D eigenvalue weighted by Gasteiger charge is -2.33. The van der Waals surface area contributed by atoms with E-state index < -0.39 is 0 Å². The number of rotatable bonds is 2. The normalized spacial score (nSPS) is 20.5. The molecule has 1 saturated heterocycles. The van der Waals surface area contributed by atoms with Crippen molar-refractivity contribution < 1.29 is 14.3 Å². The molecule has 3 heterocycles. The van der Waals surface area contributed by atoms with Gasteiger partial charge >= 0.3 is 6.09 Å². The number of carbonyl (C=O) groups excluding carboxylic acids is 2. The van der Waals surface area contributed by atoms with Gasteiger partial charge in [0.05, 0.1) is 18.7 Å². The van der Waals surface area contributed by atoms with E-state index in [1.807, 2.05) is 4.90 Å². The van der Waals surface area contributed by atoms with Crippen LogP contribution in [0.2, 0.25) is 0 Å². The van der Waals surface area contributed by atoms with Gasteiger partial charge in [0, 0.05) is 38.1 Å². The molecule has 2 aliphatic heterocycles. The van der Waals surface area contributed by atoms with Gasteiger partial charge in [-0.3, -0.25) is 9.78 Å². The fourth-order valence-electron chi connectivity index (χ4n) is 3.41. The molecule has 2 amide bonds. The summed E-state index contributed by atoms with van der Waals surface area (Å²) in [4.78, 5) is 32.5. The lowest BCUT2D eigenvalue weighted by molar-refractivity contribution is 0.0706. The Morgan fingerprint density at radius 3 is 2.92 bits per heavy atom. The van der Waals surface area contributed by atoms with Gasteiger partial charge in [-0.2, -0.15) is 0 Å². The number of ether oxygens (including phenoxy) is 1. The molecule has 0 spiro atoms. The highest BCUT2D eigenvalue weighted by atomic mass is 16.6. The van der Waals surface area contributed by atoms with Crippen LogP contribution < -0.4 is 5.73 Å². The standard InChI is InChI=1S/C17H24N4O3/c1-2-24-17(23)21-7-5-14-12(10-21)8-19-9-15(14)16(22)20-6-3-4-13(18)11-20/h8-9,13H,2-7,10-11,18H2,1H3. The predicted molar refractivity (Wildman–Crippen MR) is 88.5 cm³/mol. The molecule has 7 nitrogen and oxygen atoms in total. The van der Waals surface area contributed by atoms with Crippen LogP contribution in [0.3, 0.4) is 0 Å². The Bertz CT molecular complexity index is 634. The lowest BCUT2D eigenvalue weighted by atomic mass is 9.96. The van der Waals surface area contributed by atoms with Gasteiger partial charge < -0.3 is 20.3 Å². The number of nitrogens with two attached hydrogens (primary N) is 1. The average Bonchev–Trinajstić information content (AvgIpc) is 2.60. The largest absolute Gasteiger partial charge is 0.450 e. The smallest absolute Gasteiger partial charge is 0.410 e. The fraction of sp³-hybridized carbons (Fsp3) is 0.588. The highest BCUT2D eigenvalue weighted by Gasteiger charge is 2.28. The molecule has 0 aliphatic carbocycles. The summed E-state index contributed by atoms with van der Waals surface area (Å²) in [5.74, 6) is -0.000847. The van der Waals surface area contributed by atoms with E-state index in [-0.39, 0.29) is 18.0 Å². The van der Waals surface area contributed by atoms with Crippen molar-refractivity contribution in [2.45, 2.75) is 38.8 Å². The Morgan fingerprint density at radius 2 is 2.17 bits per heavy atom. The van der Waals surface area contributed by atoms with Crippen LogP contribution in [0.5, 0.6) is 0 Å². The van der Waals surface area contributed by atoms with E-state index >= 15 is 0 Å². The molecule has 2 N–H and O–H groups in total. The summed E-state index contributed by atoms with van der Waals surface area (Å²) in [6.07, 6.45) is 5.59. The molecule has 24 heavy (non-hydrogen) atoms. The number of pyridine rings is 1. The molecule has 3 rings (SSSR count). The molecular formula is C17H24N4O3. The van der Waals surface area contributed by atoms with E-state index in [1.54, 1.807) is 24.2 Å². The Balaban J connectivity index is 1.79. The van der Waals surface area contributed by atoms with Crippen LogP contribution in [0, 0.1) is 0 Å². The third-order valence-corrected chi connectivity index (χ3v) is 4.64. The molecule has 1 atom stereocenters. The maximum atomic E-state index is 12.9. The molecule has 2 aliphatic rings. The first kappa shape index (κ1) is 16.7. The summed E-state index contributed by atoms with van der Waals surface area (Å²) < 4.78 is 5.06. The predicted octanol–water partition coefficient (Wildman–Crippen LogP) is 1.16. The third-order valence-electron chi connectivity index (χ3n) is 4.64. The van der Waals surface area contributed by atoms with Crippen molar-refractivity contribution in [3.05, 3.63) is 29.1 Å².